The van der Waals surface area contributed by atoms with E-state index in [1.807, 2.05) is 12.1 Å². The SMILES string of the molecule is NC1CCC(c2cccc(Cl)c2)C1. The minimum atomic E-state index is 0.393. The van der Waals surface area contributed by atoms with Gasteiger partial charge in [0.15, 0.2) is 0 Å². The van der Waals surface area contributed by atoms with Crippen LogP contribution in [-0.4, -0.2) is 6.04 Å². The third-order valence-corrected chi connectivity index (χ3v) is 3.03. The Kier molecular flexibility index (Phi) is 2.56. The van der Waals surface area contributed by atoms with E-state index in [1.54, 1.807) is 0 Å². The Balaban J connectivity index is 2.16. The molecule has 0 saturated heterocycles. The lowest BCUT2D eigenvalue weighted by molar-refractivity contribution is 0.675. The molecule has 2 unspecified atom stereocenters. The van der Waals surface area contributed by atoms with E-state index in [4.69, 9.17) is 17.3 Å². The van der Waals surface area contributed by atoms with Gasteiger partial charge in [0.05, 0.1) is 0 Å². The Morgan fingerprint density at radius 1 is 1.31 bits per heavy atom. The van der Waals surface area contributed by atoms with Crippen LogP contribution in [0.25, 0.3) is 0 Å². The van der Waals surface area contributed by atoms with Gasteiger partial charge in [-0.3, -0.25) is 0 Å². The van der Waals surface area contributed by atoms with E-state index in [0.717, 1.165) is 17.9 Å². The molecule has 1 aliphatic carbocycles. The lowest BCUT2D eigenvalue weighted by atomic mass is 9.98. The van der Waals surface area contributed by atoms with Crippen LogP contribution < -0.4 is 5.73 Å². The van der Waals surface area contributed by atoms with Gasteiger partial charge in [0.2, 0.25) is 0 Å². The fourth-order valence-electron chi connectivity index (χ4n) is 2.08. The molecule has 13 heavy (non-hydrogen) atoms. The Hall–Kier alpha value is -0.530. The van der Waals surface area contributed by atoms with Crippen LogP contribution in [0.4, 0.5) is 0 Å². The molecule has 1 nitrogen and oxygen atoms in total. The average molecular weight is 196 g/mol. The molecule has 1 saturated carbocycles. The van der Waals surface area contributed by atoms with Crippen molar-refractivity contribution in [1.82, 2.24) is 0 Å². The molecule has 1 aliphatic rings. The van der Waals surface area contributed by atoms with Gasteiger partial charge in [-0.1, -0.05) is 23.7 Å². The molecule has 0 amide bonds. The number of halogens is 1. The molecule has 0 spiro atoms. The first-order valence-corrected chi connectivity index (χ1v) is 5.14. The van der Waals surface area contributed by atoms with E-state index in [2.05, 4.69) is 12.1 Å². The maximum absolute atomic E-state index is 5.93. The van der Waals surface area contributed by atoms with Crippen molar-refractivity contribution in [2.45, 2.75) is 31.2 Å². The standard InChI is InChI=1S/C11H14ClN/c12-10-3-1-2-8(6-10)9-4-5-11(13)7-9/h1-3,6,9,11H,4-5,7,13H2. The summed E-state index contributed by atoms with van der Waals surface area (Å²) in [4.78, 5) is 0. The second kappa shape index (κ2) is 3.69. The molecule has 1 aromatic carbocycles. The first-order valence-electron chi connectivity index (χ1n) is 4.77. The second-order valence-corrected chi connectivity index (χ2v) is 4.26. The van der Waals surface area contributed by atoms with Crippen molar-refractivity contribution in [2.24, 2.45) is 5.73 Å². The molecule has 2 N–H and O–H groups in total. The zero-order valence-electron chi connectivity index (χ0n) is 7.54. The van der Waals surface area contributed by atoms with Gasteiger partial charge in [-0.25, -0.2) is 0 Å². The Morgan fingerprint density at radius 2 is 2.15 bits per heavy atom. The lowest BCUT2D eigenvalue weighted by Crippen LogP contribution is -2.14. The molecule has 2 heteroatoms. The lowest BCUT2D eigenvalue weighted by Gasteiger charge is -2.09. The van der Waals surface area contributed by atoms with Gasteiger partial charge in [0.1, 0.15) is 0 Å². The van der Waals surface area contributed by atoms with Crippen LogP contribution >= 0.6 is 11.6 Å². The predicted octanol–water partition coefficient (Wildman–Crippen LogP) is 2.93. The summed E-state index contributed by atoms with van der Waals surface area (Å²) >= 11 is 5.93. The molecule has 0 radical (unpaired) electrons. The maximum Gasteiger partial charge on any atom is 0.0408 e. The highest BCUT2D eigenvalue weighted by molar-refractivity contribution is 6.30. The largest absolute Gasteiger partial charge is 0.328 e. The Bertz CT molecular complexity index is 298. The quantitative estimate of drug-likeness (QED) is 0.733. The van der Waals surface area contributed by atoms with E-state index in [-0.39, 0.29) is 0 Å². The van der Waals surface area contributed by atoms with E-state index in [9.17, 15) is 0 Å². The molecule has 1 fully saturated rings. The van der Waals surface area contributed by atoms with Crippen molar-refractivity contribution < 1.29 is 0 Å². The summed E-state index contributed by atoms with van der Waals surface area (Å²) in [6.45, 7) is 0. The van der Waals surface area contributed by atoms with E-state index >= 15 is 0 Å². The minimum Gasteiger partial charge on any atom is -0.328 e. The van der Waals surface area contributed by atoms with Gasteiger partial charge in [-0.05, 0) is 42.9 Å². The number of hydrogen-bond acceptors (Lipinski definition) is 1. The summed E-state index contributed by atoms with van der Waals surface area (Å²) in [6, 6.07) is 8.53. The number of rotatable bonds is 1. The number of benzene rings is 1. The average Bonchev–Trinajstić information content (AvgIpc) is 2.52. The minimum absolute atomic E-state index is 0.393. The van der Waals surface area contributed by atoms with Crippen molar-refractivity contribution in [3.8, 4) is 0 Å². The molecule has 70 valence electrons. The highest BCUT2D eigenvalue weighted by atomic mass is 35.5. The fraction of sp³-hybridized carbons (Fsp3) is 0.455. The van der Waals surface area contributed by atoms with Crippen LogP contribution in [0.5, 0.6) is 0 Å². The van der Waals surface area contributed by atoms with Crippen molar-refractivity contribution >= 4 is 11.6 Å². The van der Waals surface area contributed by atoms with Crippen LogP contribution in [0.3, 0.4) is 0 Å². The molecule has 0 aliphatic heterocycles. The van der Waals surface area contributed by atoms with Crippen LogP contribution in [0.15, 0.2) is 24.3 Å². The van der Waals surface area contributed by atoms with Crippen LogP contribution in [0.1, 0.15) is 30.7 Å². The van der Waals surface area contributed by atoms with E-state index in [1.165, 1.54) is 12.0 Å². The summed E-state index contributed by atoms with van der Waals surface area (Å²) in [5.74, 6) is 0.633. The van der Waals surface area contributed by atoms with Gasteiger partial charge in [0, 0.05) is 11.1 Å². The van der Waals surface area contributed by atoms with Gasteiger partial charge in [-0.2, -0.15) is 0 Å². The van der Waals surface area contributed by atoms with Crippen LogP contribution in [-0.2, 0) is 0 Å². The zero-order valence-corrected chi connectivity index (χ0v) is 8.30. The van der Waals surface area contributed by atoms with E-state index in [0.29, 0.717) is 12.0 Å². The van der Waals surface area contributed by atoms with Crippen molar-refractivity contribution in [3.63, 3.8) is 0 Å². The predicted molar refractivity (Wildman–Crippen MR) is 56.0 cm³/mol. The smallest absolute Gasteiger partial charge is 0.0408 e. The zero-order chi connectivity index (χ0) is 9.26. The van der Waals surface area contributed by atoms with Crippen LogP contribution in [0.2, 0.25) is 5.02 Å². The monoisotopic (exact) mass is 195 g/mol. The highest BCUT2D eigenvalue weighted by Gasteiger charge is 2.22. The van der Waals surface area contributed by atoms with Crippen LogP contribution in [0, 0.1) is 0 Å². The number of hydrogen-bond donors (Lipinski definition) is 1. The van der Waals surface area contributed by atoms with Gasteiger partial charge < -0.3 is 5.73 Å². The Labute approximate surface area is 83.9 Å². The second-order valence-electron chi connectivity index (χ2n) is 3.83. The summed E-state index contributed by atoms with van der Waals surface area (Å²) in [7, 11) is 0. The normalized spacial score (nSPS) is 27.8. The molecule has 1 aromatic rings. The summed E-state index contributed by atoms with van der Waals surface area (Å²) in [6.07, 6.45) is 3.47. The molecule has 2 atom stereocenters. The third kappa shape index (κ3) is 2.04. The van der Waals surface area contributed by atoms with Crippen molar-refractivity contribution in [1.29, 1.82) is 0 Å². The first-order chi connectivity index (χ1) is 6.25. The molecule has 0 bridgehead atoms. The highest BCUT2D eigenvalue weighted by Crippen LogP contribution is 2.34. The van der Waals surface area contributed by atoms with Crippen molar-refractivity contribution in [3.05, 3.63) is 34.9 Å². The maximum atomic E-state index is 5.93. The summed E-state index contributed by atoms with van der Waals surface area (Å²) in [5.41, 5.74) is 7.22. The molecule has 2 rings (SSSR count). The van der Waals surface area contributed by atoms with Gasteiger partial charge in [0.25, 0.3) is 0 Å². The van der Waals surface area contributed by atoms with Gasteiger partial charge in [-0.15, -0.1) is 0 Å². The first kappa shape index (κ1) is 9.04. The Morgan fingerprint density at radius 3 is 2.77 bits per heavy atom. The summed E-state index contributed by atoms with van der Waals surface area (Å²) in [5, 5.41) is 0.831. The topological polar surface area (TPSA) is 26.0 Å². The summed E-state index contributed by atoms with van der Waals surface area (Å²) < 4.78 is 0. The number of nitrogens with two attached hydrogens (primary N) is 1. The molecule has 0 heterocycles. The van der Waals surface area contributed by atoms with Gasteiger partial charge >= 0.3 is 0 Å². The molecular formula is C11H14ClN. The van der Waals surface area contributed by atoms with E-state index < -0.39 is 0 Å². The molecule has 0 aromatic heterocycles. The van der Waals surface area contributed by atoms with Crippen molar-refractivity contribution in [2.75, 3.05) is 0 Å². The molecular weight excluding hydrogens is 182 g/mol. The fourth-order valence-corrected chi connectivity index (χ4v) is 2.28. The third-order valence-electron chi connectivity index (χ3n) is 2.79.